The third-order valence-corrected chi connectivity index (χ3v) is 6.81. The maximum atomic E-state index is 12.9. The van der Waals surface area contributed by atoms with E-state index in [1.165, 1.54) is 9.78 Å². The second-order valence-corrected chi connectivity index (χ2v) is 9.50. The summed E-state index contributed by atoms with van der Waals surface area (Å²) in [6.07, 6.45) is 0.259. The Morgan fingerprint density at radius 3 is 2.37 bits per heavy atom. The highest BCUT2D eigenvalue weighted by Crippen LogP contribution is 2.28. The van der Waals surface area contributed by atoms with Gasteiger partial charge in [0.1, 0.15) is 0 Å². The van der Waals surface area contributed by atoms with E-state index in [0.717, 1.165) is 41.5 Å². The first-order chi connectivity index (χ1) is 13.0. The fourth-order valence-corrected chi connectivity index (χ4v) is 5.05. The van der Waals surface area contributed by atoms with Crippen molar-refractivity contribution in [3.8, 4) is 0 Å². The van der Waals surface area contributed by atoms with Crippen molar-refractivity contribution >= 4 is 56.4 Å². The maximum absolute atomic E-state index is 12.9. The molecule has 27 heavy (non-hydrogen) atoms. The molecule has 1 aromatic carbocycles. The van der Waals surface area contributed by atoms with Gasteiger partial charge in [-0.15, -0.1) is 11.3 Å². The normalized spacial score (nSPS) is 22.0. The van der Waals surface area contributed by atoms with E-state index in [1.807, 2.05) is 18.2 Å². The molecule has 2 aliphatic rings. The second-order valence-electron chi connectivity index (χ2n) is 6.78. The number of hydrogen-bond donors (Lipinski definition) is 0. The minimum absolute atomic E-state index is 0.110. The molecule has 1 unspecified atom stereocenters. The van der Waals surface area contributed by atoms with Crippen molar-refractivity contribution in [2.45, 2.75) is 19.0 Å². The van der Waals surface area contributed by atoms with E-state index in [4.69, 9.17) is 11.6 Å². The number of rotatable bonds is 4. The number of nitrogens with zero attached hydrogens (tertiary/aromatic N) is 3. The van der Waals surface area contributed by atoms with E-state index >= 15 is 0 Å². The summed E-state index contributed by atoms with van der Waals surface area (Å²) in [7, 11) is 0. The third-order valence-electron chi connectivity index (χ3n) is 5.06. The zero-order valence-corrected chi connectivity index (χ0v) is 17.8. The highest BCUT2D eigenvalue weighted by molar-refractivity contribution is 9.10. The zero-order valence-electron chi connectivity index (χ0n) is 14.6. The molecule has 1 atom stereocenters. The van der Waals surface area contributed by atoms with E-state index in [9.17, 15) is 9.59 Å². The van der Waals surface area contributed by atoms with Crippen molar-refractivity contribution in [2.24, 2.45) is 0 Å². The highest BCUT2D eigenvalue weighted by Gasteiger charge is 2.43. The average molecular weight is 469 g/mol. The van der Waals surface area contributed by atoms with Crippen LogP contribution in [0.4, 0.5) is 5.69 Å². The van der Waals surface area contributed by atoms with E-state index in [0.29, 0.717) is 5.69 Å². The molecule has 1 aromatic heterocycles. The summed E-state index contributed by atoms with van der Waals surface area (Å²) in [5.41, 5.74) is 0.643. The van der Waals surface area contributed by atoms with Gasteiger partial charge in [-0.25, -0.2) is 4.90 Å². The first-order valence-electron chi connectivity index (χ1n) is 8.84. The van der Waals surface area contributed by atoms with Crippen LogP contribution < -0.4 is 4.90 Å². The van der Waals surface area contributed by atoms with Gasteiger partial charge in [-0.1, -0.05) is 27.5 Å². The second kappa shape index (κ2) is 8.01. The molecule has 2 aromatic rings. The van der Waals surface area contributed by atoms with Crippen molar-refractivity contribution < 1.29 is 9.59 Å². The Kier molecular flexibility index (Phi) is 5.66. The number of anilines is 1. The van der Waals surface area contributed by atoms with Crippen LogP contribution in [0.2, 0.25) is 4.34 Å². The summed E-state index contributed by atoms with van der Waals surface area (Å²) < 4.78 is 1.73. The van der Waals surface area contributed by atoms with Crippen LogP contribution in [0.25, 0.3) is 0 Å². The van der Waals surface area contributed by atoms with Crippen molar-refractivity contribution in [3.05, 3.63) is 50.1 Å². The molecule has 0 N–H and O–H groups in total. The molecular weight excluding hydrogens is 450 g/mol. The number of amides is 2. The first-order valence-corrected chi connectivity index (χ1v) is 10.8. The third kappa shape index (κ3) is 4.12. The molecule has 2 amide bonds. The Labute approximate surface area is 175 Å². The van der Waals surface area contributed by atoms with Gasteiger partial charge in [0.15, 0.2) is 0 Å². The number of carbonyl (C=O) groups excluding carboxylic acids is 2. The van der Waals surface area contributed by atoms with Crippen LogP contribution in [0.5, 0.6) is 0 Å². The fourth-order valence-electron chi connectivity index (χ4n) is 3.65. The Morgan fingerprint density at radius 1 is 1.04 bits per heavy atom. The lowest BCUT2D eigenvalue weighted by atomic mass is 10.1. The van der Waals surface area contributed by atoms with Crippen LogP contribution in [0.15, 0.2) is 40.9 Å². The van der Waals surface area contributed by atoms with E-state index < -0.39 is 0 Å². The number of carbonyl (C=O) groups is 2. The lowest BCUT2D eigenvalue weighted by Gasteiger charge is -2.36. The Morgan fingerprint density at radius 2 is 1.74 bits per heavy atom. The summed E-state index contributed by atoms with van der Waals surface area (Å²) in [5.74, 6) is -0.233. The predicted octanol–water partition coefficient (Wildman–Crippen LogP) is 3.61. The van der Waals surface area contributed by atoms with Gasteiger partial charge >= 0.3 is 0 Å². The monoisotopic (exact) mass is 467 g/mol. The Bertz CT molecular complexity index is 849. The van der Waals surface area contributed by atoms with Gasteiger partial charge in [-0.3, -0.25) is 19.4 Å². The van der Waals surface area contributed by atoms with Gasteiger partial charge in [-0.05, 0) is 36.4 Å². The number of imide groups is 1. The standard InChI is InChI=1S/C19H19BrClN3O2S/c20-13-1-3-14(4-2-13)24-18(25)11-16(19(24)26)23-9-7-22(8-10-23)12-15-5-6-17(21)27-15/h1-6,16H,7-12H2. The molecule has 2 aliphatic heterocycles. The quantitative estimate of drug-likeness (QED) is 0.643. The summed E-state index contributed by atoms with van der Waals surface area (Å²) in [4.78, 5) is 32.5. The Hall–Kier alpha value is -1.25. The van der Waals surface area contributed by atoms with E-state index in [2.05, 4.69) is 31.8 Å². The number of benzene rings is 1. The van der Waals surface area contributed by atoms with Crippen LogP contribution in [0, 0.1) is 0 Å². The van der Waals surface area contributed by atoms with Crippen molar-refractivity contribution in [1.29, 1.82) is 0 Å². The lowest BCUT2D eigenvalue weighted by Crippen LogP contribution is -2.52. The predicted molar refractivity (Wildman–Crippen MR) is 111 cm³/mol. The maximum Gasteiger partial charge on any atom is 0.251 e. The van der Waals surface area contributed by atoms with Crippen molar-refractivity contribution in [3.63, 3.8) is 0 Å². The molecule has 5 nitrogen and oxygen atoms in total. The number of piperazine rings is 1. The van der Waals surface area contributed by atoms with E-state index in [1.54, 1.807) is 23.5 Å². The molecule has 0 aliphatic carbocycles. The SMILES string of the molecule is O=C1CC(N2CCN(Cc3ccc(Cl)s3)CC2)C(=O)N1c1ccc(Br)cc1. The molecule has 2 saturated heterocycles. The van der Waals surface area contributed by atoms with E-state index in [-0.39, 0.29) is 24.3 Å². The minimum Gasteiger partial charge on any atom is -0.296 e. The number of thiophene rings is 1. The summed E-state index contributed by atoms with van der Waals surface area (Å²) in [5, 5.41) is 0. The average Bonchev–Trinajstić information content (AvgIpc) is 3.19. The lowest BCUT2D eigenvalue weighted by molar-refractivity contribution is -0.123. The van der Waals surface area contributed by atoms with Crippen molar-refractivity contribution in [1.82, 2.24) is 9.80 Å². The molecule has 0 spiro atoms. The topological polar surface area (TPSA) is 43.9 Å². The smallest absolute Gasteiger partial charge is 0.251 e. The fraction of sp³-hybridized carbons (Fsp3) is 0.368. The largest absolute Gasteiger partial charge is 0.296 e. The summed E-state index contributed by atoms with van der Waals surface area (Å²) in [6, 6.07) is 10.9. The van der Waals surface area contributed by atoms with Crippen LogP contribution in [-0.2, 0) is 16.1 Å². The molecule has 2 fully saturated rings. The summed E-state index contributed by atoms with van der Waals surface area (Å²) >= 11 is 11.0. The molecular formula is C19H19BrClN3O2S. The molecule has 4 rings (SSSR count). The Balaban J connectivity index is 1.38. The first kappa shape index (κ1) is 19.1. The molecule has 0 bridgehead atoms. The van der Waals surface area contributed by atoms with Crippen LogP contribution in [-0.4, -0.2) is 53.8 Å². The van der Waals surface area contributed by atoms with Gasteiger partial charge in [0.05, 0.1) is 22.5 Å². The minimum atomic E-state index is -0.348. The van der Waals surface area contributed by atoms with Crippen LogP contribution >= 0.6 is 38.9 Å². The molecule has 142 valence electrons. The summed E-state index contributed by atoms with van der Waals surface area (Å²) in [6.45, 7) is 4.22. The van der Waals surface area contributed by atoms with Gasteiger partial charge in [0.25, 0.3) is 5.91 Å². The van der Waals surface area contributed by atoms with Crippen LogP contribution in [0.1, 0.15) is 11.3 Å². The van der Waals surface area contributed by atoms with Gasteiger partial charge < -0.3 is 0 Å². The van der Waals surface area contributed by atoms with Gasteiger partial charge in [0, 0.05) is 42.1 Å². The molecule has 3 heterocycles. The zero-order chi connectivity index (χ0) is 19.0. The molecule has 0 saturated carbocycles. The van der Waals surface area contributed by atoms with Crippen molar-refractivity contribution in [2.75, 3.05) is 31.1 Å². The molecule has 8 heteroatoms. The van der Waals surface area contributed by atoms with Gasteiger partial charge in [0.2, 0.25) is 5.91 Å². The molecule has 0 radical (unpaired) electrons. The number of halogens is 2. The number of hydrogen-bond acceptors (Lipinski definition) is 5. The van der Waals surface area contributed by atoms with Gasteiger partial charge in [-0.2, -0.15) is 0 Å². The van der Waals surface area contributed by atoms with Crippen LogP contribution in [0.3, 0.4) is 0 Å². The highest BCUT2D eigenvalue weighted by atomic mass is 79.9.